The third-order valence-corrected chi connectivity index (χ3v) is 3.64. The number of hydrogen-bond acceptors (Lipinski definition) is 7. The van der Waals surface area contributed by atoms with Crippen LogP contribution in [0.15, 0.2) is 0 Å². The quantitative estimate of drug-likeness (QED) is 0.626. The zero-order valence-corrected chi connectivity index (χ0v) is 13.9. The van der Waals surface area contributed by atoms with E-state index in [-0.39, 0.29) is 17.8 Å². The summed E-state index contributed by atoms with van der Waals surface area (Å²) in [5.74, 6) is 0.0832. The predicted molar refractivity (Wildman–Crippen MR) is 87.0 cm³/mol. The fourth-order valence-electron chi connectivity index (χ4n) is 1.70. The molecule has 0 aliphatic rings. The predicted octanol–water partition coefficient (Wildman–Crippen LogP) is 0.854. The van der Waals surface area contributed by atoms with Crippen LogP contribution in [0.1, 0.15) is 24.2 Å². The van der Waals surface area contributed by atoms with Crippen LogP contribution in [0.5, 0.6) is 0 Å². The molecule has 0 atom stereocenters. The van der Waals surface area contributed by atoms with Gasteiger partial charge in [0.1, 0.15) is 10.6 Å². The van der Waals surface area contributed by atoms with Gasteiger partial charge in [-0.1, -0.05) is 0 Å². The smallest absolute Gasteiger partial charge is 0.258 e. The van der Waals surface area contributed by atoms with Crippen molar-refractivity contribution in [3.05, 3.63) is 5.56 Å². The molecule has 1 amide bonds. The number of aromatic nitrogens is 1. The molecule has 1 rings (SSSR count). The largest absolute Gasteiger partial charge is 0.383 e. The molecule has 0 bridgehead atoms. The number of rotatable bonds is 9. The maximum Gasteiger partial charge on any atom is 0.258 e. The van der Waals surface area contributed by atoms with Crippen LogP contribution in [-0.4, -0.2) is 61.6 Å². The van der Waals surface area contributed by atoms with E-state index in [0.717, 1.165) is 13.1 Å². The highest BCUT2D eigenvalue weighted by molar-refractivity contribution is 7.11. The highest BCUT2D eigenvalue weighted by Gasteiger charge is 2.19. The summed E-state index contributed by atoms with van der Waals surface area (Å²) in [6.07, 6.45) is 0. The number of likely N-dealkylation sites (N-methyl/N-ethyl adjacent to an activating group) is 1. The molecule has 0 aromatic carbocycles. The van der Waals surface area contributed by atoms with E-state index in [1.54, 1.807) is 7.11 Å². The van der Waals surface area contributed by atoms with Crippen molar-refractivity contribution in [3.63, 3.8) is 0 Å². The number of ether oxygens (including phenoxy) is 1. The second-order valence-corrected chi connectivity index (χ2v) is 5.90. The number of nitrogen functional groups attached to an aromatic ring is 1. The molecule has 0 fully saturated rings. The highest BCUT2D eigenvalue weighted by Crippen LogP contribution is 2.26. The Morgan fingerprint density at radius 2 is 2.19 bits per heavy atom. The van der Waals surface area contributed by atoms with Crippen LogP contribution >= 0.6 is 11.5 Å². The van der Waals surface area contributed by atoms with Crippen molar-refractivity contribution in [1.82, 2.24) is 14.6 Å². The van der Waals surface area contributed by atoms with Crippen LogP contribution < -0.4 is 16.4 Å². The van der Waals surface area contributed by atoms with Gasteiger partial charge in [0, 0.05) is 32.8 Å². The number of nitrogens with zero attached hydrogens (tertiary/aromatic N) is 2. The molecule has 0 saturated carbocycles. The second-order valence-electron chi connectivity index (χ2n) is 5.12. The first kappa shape index (κ1) is 17.7. The molecule has 1 aromatic rings. The molecule has 1 heterocycles. The van der Waals surface area contributed by atoms with Crippen molar-refractivity contribution in [2.24, 2.45) is 0 Å². The molecule has 0 aliphatic carbocycles. The normalized spacial score (nSPS) is 11.1. The number of methoxy groups -OCH3 is 1. The van der Waals surface area contributed by atoms with E-state index in [4.69, 9.17) is 10.5 Å². The monoisotopic (exact) mass is 315 g/mol. The third-order valence-electron chi connectivity index (χ3n) is 2.82. The van der Waals surface area contributed by atoms with Crippen LogP contribution in [0.4, 0.5) is 10.8 Å². The Balaban J connectivity index is 2.54. The molecule has 0 unspecified atom stereocenters. The first-order valence-corrected chi connectivity index (χ1v) is 7.70. The standard InChI is InChI=1S/C13H25N5O2S/c1-9(2)16-12(19)10-11(14)17-21-13(10)15-5-6-18(3)7-8-20-4/h9,15H,5-8H2,1-4H3,(H2,14,17)(H,16,19). The van der Waals surface area contributed by atoms with Crippen molar-refractivity contribution in [1.29, 1.82) is 0 Å². The molecule has 0 saturated heterocycles. The Bertz CT molecular complexity index is 450. The van der Waals surface area contributed by atoms with Gasteiger partial charge in [-0.15, -0.1) is 0 Å². The van der Waals surface area contributed by atoms with Crippen molar-refractivity contribution >= 4 is 28.3 Å². The summed E-state index contributed by atoms with van der Waals surface area (Å²) in [4.78, 5) is 14.3. The molecule has 120 valence electrons. The Morgan fingerprint density at radius 1 is 1.48 bits per heavy atom. The maximum absolute atomic E-state index is 12.1. The Kier molecular flexibility index (Phi) is 7.41. The fourth-order valence-corrected chi connectivity index (χ4v) is 2.43. The lowest BCUT2D eigenvalue weighted by Gasteiger charge is -2.16. The Hall–Kier alpha value is -1.38. The van der Waals surface area contributed by atoms with E-state index in [2.05, 4.69) is 19.9 Å². The molecule has 7 nitrogen and oxygen atoms in total. The fraction of sp³-hybridized carbons (Fsp3) is 0.692. The van der Waals surface area contributed by atoms with E-state index >= 15 is 0 Å². The van der Waals surface area contributed by atoms with Gasteiger partial charge in [-0.25, -0.2) is 0 Å². The molecule has 0 aliphatic heterocycles. The zero-order chi connectivity index (χ0) is 15.8. The summed E-state index contributed by atoms with van der Waals surface area (Å²) >= 11 is 1.21. The zero-order valence-electron chi connectivity index (χ0n) is 13.1. The SMILES string of the molecule is COCCN(C)CCNc1snc(N)c1C(=O)NC(C)C. The number of carbonyl (C=O) groups excluding carboxylic acids is 1. The third kappa shape index (κ3) is 5.86. The Morgan fingerprint density at radius 3 is 2.81 bits per heavy atom. The summed E-state index contributed by atoms with van der Waals surface area (Å²) < 4.78 is 9.08. The number of anilines is 2. The van der Waals surface area contributed by atoms with Gasteiger partial charge in [-0.05, 0) is 32.4 Å². The molecule has 0 radical (unpaired) electrons. The van der Waals surface area contributed by atoms with Gasteiger partial charge in [0.25, 0.3) is 5.91 Å². The van der Waals surface area contributed by atoms with Crippen LogP contribution in [0, 0.1) is 0 Å². The van der Waals surface area contributed by atoms with E-state index in [1.165, 1.54) is 11.5 Å². The average molecular weight is 315 g/mol. The maximum atomic E-state index is 12.1. The van der Waals surface area contributed by atoms with Gasteiger partial charge in [0.05, 0.1) is 6.61 Å². The molecular weight excluding hydrogens is 290 g/mol. The first-order chi connectivity index (χ1) is 9.95. The number of hydrogen-bond donors (Lipinski definition) is 3. The minimum Gasteiger partial charge on any atom is -0.383 e. The minimum atomic E-state index is -0.188. The molecule has 4 N–H and O–H groups in total. The number of carbonyl (C=O) groups is 1. The van der Waals surface area contributed by atoms with Crippen molar-refractivity contribution in [3.8, 4) is 0 Å². The van der Waals surface area contributed by atoms with Crippen molar-refractivity contribution < 1.29 is 9.53 Å². The lowest BCUT2D eigenvalue weighted by molar-refractivity contribution is 0.0945. The molecule has 0 spiro atoms. The second kappa shape index (κ2) is 8.81. The lowest BCUT2D eigenvalue weighted by Crippen LogP contribution is -2.31. The van der Waals surface area contributed by atoms with Crippen molar-refractivity contribution in [2.45, 2.75) is 19.9 Å². The van der Waals surface area contributed by atoms with Gasteiger partial charge in [-0.3, -0.25) is 4.79 Å². The number of nitrogens with two attached hydrogens (primary N) is 1. The Labute approximate surface area is 130 Å². The summed E-state index contributed by atoms with van der Waals surface area (Å²) in [6.45, 7) is 6.93. The molecule has 1 aromatic heterocycles. The molecule has 21 heavy (non-hydrogen) atoms. The highest BCUT2D eigenvalue weighted by atomic mass is 32.1. The van der Waals surface area contributed by atoms with Gasteiger partial charge >= 0.3 is 0 Å². The van der Waals surface area contributed by atoms with Gasteiger partial charge in [0.15, 0.2) is 5.82 Å². The van der Waals surface area contributed by atoms with E-state index in [9.17, 15) is 4.79 Å². The summed E-state index contributed by atoms with van der Waals surface area (Å²) in [7, 11) is 3.71. The van der Waals surface area contributed by atoms with Crippen LogP contribution in [0.3, 0.4) is 0 Å². The van der Waals surface area contributed by atoms with Gasteiger partial charge in [0.2, 0.25) is 0 Å². The average Bonchev–Trinajstić information content (AvgIpc) is 2.77. The lowest BCUT2D eigenvalue weighted by atomic mass is 10.2. The summed E-state index contributed by atoms with van der Waals surface area (Å²) in [5, 5.41) is 6.78. The molecule has 8 heteroatoms. The summed E-state index contributed by atoms with van der Waals surface area (Å²) in [6, 6.07) is 0.0600. The summed E-state index contributed by atoms with van der Waals surface area (Å²) in [5.41, 5.74) is 6.22. The van der Waals surface area contributed by atoms with E-state index < -0.39 is 0 Å². The van der Waals surface area contributed by atoms with Crippen LogP contribution in [0.2, 0.25) is 0 Å². The minimum absolute atomic E-state index is 0.0600. The van der Waals surface area contributed by atoms with Gasteiger partial charge < -0.3 is 26.0 Å². The topological polar surface area (TPSA) is 92.5 Å². The van der Waals surface area contributed by atoms with Crippen LogP contribution in [0.25, 0.3) is 0 Å². The van der Waals surface area contributed by atoms with Crippen LogP contribution in [-0.2, 0) is 4.74 Å². The van der Waals surface area contributed by atoms with E-state index in [0.29, 0.717) is 23.7 Å². The van der Waals surface area contributed by atoms with E-state index in [1.807, 2.05) is 20.9 Å². The van der Waals surface area contributed by atoms with Crippen molar-refractivity contribution in [2.75, 3.05) is 51.4 Å². The first-order valence-electron chi connectivity index (χ1n) is 6.93. The molecular formula is C13H25N5O2S. The van der Waals surface area contributed by atoms with Gasteiger partial charge in [-0.2, -0.15) is 4.37 Å². The number of amides is 1. The number of nitrogens with one attached hydrogen (secondary N) is 2.